The van der Waals surface area contributed by atoms with Crippen molar-refractivity contribution in [3.8, 4) is 0 Å². The molecule has 3 rings (SSSR count). The van der Waals surface area contributed by atoms with Crippen LogP contribution in [-0.2, 0) is 17.6 Å². The molecule has 2 aromatic rings. The van der Waals surface area contributed by atoms with E-state index in [0.717, 1.165) is 25.1 Å². The number of nitrogens with zero attached hydrogens (tertiary/aromatic N) is 1. The number of carbonyl (C=O) groups excluding carboxylic acids is 2. The Kier molecular flexibility index (Phi) is 5.84. The van der Waals surface area contributed by atoms with Gasteiger partial charge in [-0.25, -0.2) is 0 Å². The van der Waals surface area contributed by atoms with E-state index in [1.165, 1.54) is 11.1 Å². The summed E-state index contributed by atoms with van der Waals surface area (Å²) in [5, 5.41) is 3.40. The zero-order valence-corrected chi connectivity index (χ0v) is 15.5. The molecule has 1 heterocycles. The van der Waals surface area contributed by atoms with Crippen LogP contribution in [0, 0.1) is 0 Å². The van der Waals surface area contributed by atoms with E-state index in [-0.39, 0.29) is 17.7 Å². The minimum atomic E-state index is 0.0422. The number of rotatable bonds is 5. The minimum Gasteiger partial charge on any atom is -0.333 e. The number of nitrogens with one attached hydrogen (secondary N) is 1. The summed E-state index contributed by atoms with van der Waals surface area (Å²) in [6.45, 7) is 6.00. The Balaban J connectivity index is 1.73. The molecule has 0 saturated carbocycles. The van der Waals surface area contributed by atoms with Crippen molar-refractivity contribution < 1.29 is 9.59 Å². The highest BCUT2D eigenvalue weighted by Gasteiger charge is 2.27. The second kappa shape index (κ2) is 8.28. The maximum atomic E-state index is 12.9. The van der Waals surface area contributed by atoms with Gasteiger partial charge in [0.2, 0.25) is 5.91 Å². The highest BCUT2D eigenvalue weighted by molar-refractivity contribution is 5.94. The van der Waals surface area contributed by atoms with Crippen molar-refractivity contribution in [3.05, 3.63) is 70.8 Å². The van der Waals surface area contributed by atoms with E-state index in [9.17, 15) is 9.59 Å². The van der Waals surface area contributed by atoms with Gasteiger partial charge in [-0.2, -0.15) is 0 Å². The zero-order valence-electron chi connectivity index (χ0n) is 15.5. The van der Waals surface area contributed by atoms with E-state index in [1.54, 1.807) is 19.1 Å². The van der Waals surface area contributed by atoms with Crippen molar-refractivity contribution in [2.24, 2.45) is 0 Å². The van der Waals surface area contributed by atoms with Gasteiger partial charge in [0.1, 0.15) is 0 Å². The third-order valence-electron chi connectivity index (χ3n) is 5.05. The summed E-state index contributed by atoms with van der Waals surface area (Å²) in [4.78, 5) is 26.3. The van der Waals surface area contributed by atoms with E-state index in [4.69, 9.17) is 0 Å². The Labute approximate surface area is 155 Å². The SMILES string of the molecule is CCc1ccc(C2CNCCN2C(=O)Cc2ccc(C(C)=O)cc2)cc1. The fraction of sp³-hybridized carbons (Fsp3) is 0.364. The Bertz CT molecular complexity index is 766. The largest absolute Gasteiger partial charge is 0.333 e. The number of Topliss-reactive ketones (excluding diaryl/α,β-unsaturated/α-hetero) is 1. The molecule has 1 aliphatic rings. The number of amides is 1. The molecule has 0 aromatic heterocycles. The fourth-order valence-corrected chi connectivity index (χ4v) is 3.41. The molecule has 1 aliphatic heterocycles. The van der Waals surface area contributed by atoms with Crippen LogP contribution in [0.2, 0.25) is 0 Å². The topological polar surface area (TPSA) is 49.4 Å². The first kappa shape index (κ1) is 18.3. The lowest BCUT2D eigenvalue weighted by molar-refractivity contribution is -0.133. The van der Waals surface area contributed by atoms with Crippen LogP contribution in [0.3, 0.4) is 0 Å². The molecule has 0 radical (unpaired) electrons. The smallest absolute Gasteiger partial charge is 0.227 e. The maximum absolute atomic E-state index is 12.9. The highest BCUT2D eigenvalue weighted by Crippen LogP contribution is 2.24. The van der Waals surface area contributed by atoms with Crippen molar-refractivity contribution in [2.75, 3.05) is 19.6 Å². The third kappa shape index (κ3) is 4.20. The van der Waals surface area contributed by atoms with E-state index in [1.807, 2.05) is 17.0 Å². The van der Waals surface area contributed by atoms with Gasteiger partial charge in [0.05, 0.1) is 12.5 Å². The number of hydrogen-bond donors (Lipinski definition) is 1. The number of carbonyl (C=O) groups is 2. The molecule has 4 nitrogen and oxygen atoms in total. The second-order valence-electron chi connectivity index (χ2n) is 6.83. The number of aryl methyl sites for hydroxylation is 1. The minimum absolute atomic E-state index is 0.0422. The van der Waals surface area contributed by atoms with Gasteiger partial charge in [-0.3, -0.25) is 9.59 Å². The lowest BCUT2D eigenvalue weighted by Crippen LogP contribution is -2.49. The van der Waals surface area contributed by atoms with Gasteiger partial charge in [0, 0.05) is 25.2 Å². The molecule has 0 aliphatic carbocycles. The van der Waals surface area contributed by atoms with Gasteiger partial charge in [0.15, 0.2) is 5.78 Å². The van der Waals surface area contributed by atoms with Crippen molar-refractivity contribution in [3.63, 3.8) is 0 Å². The van der Waals surface area contributed by atoms with Gasteiger partial charge in [0.25, 0.3) is 0 Å². The summed E-state index contributed by atoms with van der Waals surface area (Å²) < 4.78 is 0. The Morgan fingerprint density at radius 2 is 1.69 bits per heavy atom. The maximum Gasteiger partial charge on any atom is 0.227 e. The van der Waals surface area contributed by atoms with Crippen LogP contribution in [0.1, 0.15) is 46.9 Å². The fourth-order valence-electron chi connectivity index (χ4n) is 3.41. The van der Waals surface area contributed by atoms with Crippen molar-refractivity contribution in [1.82, 2.24) is 10.2 Å². The number of benzene rings is 2. The zero-order chi connectivity index (χ0) is 18.5. The molecule has 0 bridgehead atoms. The molecule has 2 aromatic carbocycles. The van der Waals surface area contributed by atoms with Crippen LogP contribution in [0.15, 0.2) is 48.5 Å². The van der Waals surface area contributed by atoms with Crippen LogP contribution in [0.4, 0.5) is 0 Å². The normalized spacial score (nSPS) is 17.2. The molecule has 136 valence electrons. The first-order valence-electron chi connectivity index (χ1n) is 9.27. The van der Waals surface area contributed by atoms with Crippen LogP contribution in [0.5, 0.6) is 0 Å². The van der Waals surface area contributed by atoms with Gasteiger partial charge in [-0.1, -0.05) is 55.5 Å². The lowest BCUT2D eigenvalue weighted by Gasteiger charge is -2.36. The monoisotopic (exact) mass is 350 g/mol. The van der Waals surface area contributed by atoms with Crippen molar-refractivity contribution >= 4 is 11.7 Å². The number of hydrogen-bond acceptors (Lipinski definition) is 3. The van der Waals surface area contributed by atoms with E-state index < -0.39 is 0 Å². The standard InChI is InChI=1S/C22H26N2O2/c1-3-17-4-10-20(11-5-17)21-15-23-12-13-24(21)22(26)14-18-6-8-19(9-7-18)16(2)25/h4-11,21,23H,3,12-15H2,1-2H3. The quantitative estimate of drug-likeness (QED) is 0.843. The van der Waals surface area contributed by atoms with Crippen molar-refractivity contribution in [1.29, 1.82) is 0 Å². The van der Waals surface area contributed by atoms with Crippen LogP contribution in [0.25, 0.3) is 0 Å². The van der Waals surface area contributed by atoms with Gasteiger partial charge in [-0.15, -0.1) is 0 Å². The molecular formula is C22H26N2O2. The average molecular weight is 350 g/mol. The van der Waals surface area contributed by atoms with E-state index in [2.05, 4.69) is 36.5 Å². The predicted molar refractivity (Wildman–Crippen MR) is 103 cm³/mol. The molecule has 26 heavy (non-hydrogen) atoms. The molecule has 1 saturated heterocycles. The molecule has 1 amide bonds. The Morgan fingerprint density at radius 3 is 2.31 bits per heavy atom. The first-order valence-corrected chi connectivity index (χ1v) is 9.27. The molecule has 1 unspecified atom stereocenters. The average Bonchev–Trinajstić information content (AvgIpc) is 2.68. The summed E-state index contributed by atoms with van der Waals surface area (Å²) >= 11 is 0. The molecule has 1 atom stereocenters. The summed E-state index contributed by atoms with van der Waals surface area (Å²) in [7, 11) is 0. The Morgan fingerprint density at radius 1 is 1.04 bits per heavy atom. The summed E-state index contributed by atoms with van der Waals surface area (Å²) in [6, 6.07) is 16.0. The van der Waals surface area contributed by atoms with E-state index >= 15 is 0 Å². The number of piperazine rings is 1. The molecule has 4 heteroatoms. The second-order valence-corrected chi connectivity index (χ2v) is 6.83. The first-order chi connectivity index (χ1) is 12.6. The summed E-state index contributed by atoms with van der Waals surface area (Å²) in [5.41, 5.74) is 4.10. The van der Waals surface area contributed by atoms with Crippen molar-refractivity contribution in [2.45, 2.75) is 32.7 Å². The van der Waals surface area contributed by atoms with Crippen LogP contribution >= 0.6 is 0 Å². The summed E-state index contributed by atoms with van der Waals surface area (Å²) in [5.74, 6) is 0.173. The Hall–Kier alpha value is -2.46. The molecular weight excluding hydrogens is 324 g/mol. The number of ketones is 1. The van der Waals surface area contributed by atoms with Crippen LogP contribution in [-0.4, -0.2) is 36.2 Å². The molecule has 1 fully saturated rings. The van der Waals surface area contributed by atoms with Gasteiger partial charge in [-0.05, 0) is 30.0 Å². The molecule has 1 N–H and O–H groups in total. The molecule has 0 spiro atoms. The lowest BCUT2D eigenvalue weighted by atomic mass is 9.99. The van der Waals surface area contributed by atoms with Crippen LogP contribution < -0.4 is 5.32 Å². The van der Waals surface area contributed by atoms with E-state index in [0.29, 0.717) is 18.5 Å². The summed E-state index contributed by atoms with van der Waals surface area (Å²) in [6.07, 6.45) is 1.38. The predicted octanol–water partition coefficient (Wildman–Crippen LogP) is 3.17. The van der Waals surface area contributed by atoms with Gasteiger partial charge >= 0.3 is 0 Å². The third-order valence-corrected chi connectivity index (χ3v) is 5.05. The highest BCUT2D eigenvalue weighted by atomic mass is 16.2. The van der Waals surface area contributed by atoms with Gasteiger partial charge < -0.3 is 10.2 Å².